The number of ether oxygens (including phenoxy) is 1. The van der Waals surface area contributed by atoms with Crippen molar-refractivity contribution in [3.05, 3.63) is 47.5 Å². The highest BCUT2D eigenvalue weighted by Gasteiger charge is 2.08. The number of rotatable bonds is 5. The van der Waals surface area contributed by atoms with E-state index in [4.69, 9.17) is 16.3 Å². The summed E-state index contributed by atoms with van der Waals surface area (Å²) in [5.41, 5.74) is 2.44. The van der Waals surface area contributed by atoms with Crippen LogP contribution in [0.3, 0.4) is 0 Å². The Kier molecular flexibility index (Phi) is 4.73. The summed E-state index contributed by atoms with van der Waals surface area (Å²) >= 11 is 7.16. The Morgan fingerprint density at radius 3 is 2.83 bits per heavy atom. The third kappa shape index (κ3) is 3.97. The van der Waals surface area contributed by atoms with E-state index >= 15 is 0 Å². The van der Waals surface area contributed by atoms with Gasteiger partial charge >= 0.3 is 0 Å². The smallest absolute Gasteiger partial charge is 0.234 e. The van der Waals surface area contributed by atoms with Crippen LogP contribution in [0.25, 0.3) is 11.0 Å². The number of amides is 1. The summed E-state index contributed by atoms with van der Waals surface area (Å²) in [7, 11) is 1.62. The van der Waals surface area contributed by atoms with E-state index in [0.717, 1.165) is 16.8 Å². The molecule has 1 amide bonds. The lowest BCUT2D eigenvalue weighted by atomic mass is 10.3. The number of fused-ring (bicyclic) bond motifs is 1. The second-order valence-corrected chi connectivity index (χ2v) is 6.17. The molecule has 0 saturated carbocycles. The minimum Gasteiger partial charge on any atom is -0.497 e. The van der Waals surface area contributed by atoms with Crippen molar-refractivity contribution in [3.63, 3.8) is 0 Å². The lowest BCUT2D eigenvalue weighted by Crippen LogP contribution is -2.13. The molecule has 0 aliphatic carbocycles. The molecule has 0 spiro atoms. The quantitative estimate of drug-likeness (QED) is 0.686. The van der Waals surface area contributed by atoms with Crippen molar-refractivity contribution < 1.29 is 9.53 Å². The number of halogens is 1. The highest BCUT2D eigenvalue weighted by molar-refractivity contribution is 7.99. The second-order valence-electron chi connectivity index (χ2n) is 4.77. The van der Waals surface area contributed by atoms with Crippen LogP contribution in [-0.2, 0) is 4.79 Å². The van der Waals surface area contributed by atoms with E-state index < -0.39 is 0 Å². The van der Waals surface area contributed by atoms with Crippen molar-refractivity contribution in [2.75, 3.05) is 18.2 Å². The van der Waals surface area contributed by atoms with E-state index in [9.17, 15) is 4.79 Å². The molecule has 0 bridgehead atoms. The maximum atomic E-state index is 12.0. The molecule has 5 nitrogen and oxygen atoms in total. The first-order valence-corrected chi connectivity index (χ1v) is 8.22. The number of H-pyrrole nitrogens is 1. The second kappa shape index (κ2) is 6.93. The van der Waals surface area contributed by atoms with E-state index in [1.165, 1.54) is 11.8 Å². The molecule has 1 heterocycles. The molecular formula is C16H14ClN3O2S. The molecule has 3 aromatic rings. The third-order valence-corrected chi connectivity index (χ3v) is 4.26. The van der Waals surface area contributed by atoms with E-state index in [2.05, 4.69) is 15.3 Å². The Labute approximate surface area is 142 Å². The zero-order valence-corrected chi connectivity index (χ0v) is 13.9. The molecule has 0 radical (unpaired) electrons. The number of hydrogen-bond donors (Lipinski definition) is 2. The summed E-state index contributed by atoms with van der Waals surface area (Å²) in [5.74, 6) is 0.924. The van der Waals surface area contributed by atoms with Crippen molar-refractivity contribution in [2.24, 2.45) is 0 Å². The zero-order chi connectivity index (χ0) is 16.2. The van der Waals surface area contributed by atoms with Gasteiger partial charge in [-0.1, -0.05) is 23.4 Å². The Hall–Kier alpha value is -2.18. The Bertz CT molecular complexity index is 833. The van der Waals surface area contributed by atoms with Gasteiger partial charge in [0, 0.05) is 16.8 Å². The van der Waals surface area contributed by atoms with Gasteiger partial charge in [-0.3, -0.25) is 4.79 Å². The maximum Gasteiger partial charge on any atom is 0.234 e. The van der Waals surface area contributed by atoms with Gasteiger partial charge < -0.3 is 15.0 Å². The summed E-state index contributed by atoms with van der Waals surface area (Å²) in [4.78, 5) is 19.6. The lowest BCUT2D eigenvalue weighted by Gasteiger charge is -2.04. The van der Waals surface area contributed by atoms with Crippen LogP contribution >= 0.6 is 23.4 Å². The fourth-order valence-electron chi connectivity index (χ4n) is 2.02. The van der Waals surface area contributed by atoms with Gasteiger partial charge in [0.15, 0.2) is 5.16 Å². The number of nitrogens with one attached hydrogen (secondary N) is 2. The van der Waals surface area contributed by atoms with Crippen molar-refractivity contribution in [3.8, 4) is 5.75 Å². The molecule has 1 aromatic heterocycles. The molecule has 0 aliphatic rings. The molecule has 0 aliphatic heterocycles. The molecule has 23 heavy (non-hydrogen) atoms. The monoisotopic (exact) mass is 347 g/mol. The van der Waals surface area contributed by atoms with Crippen molar-refractivity contribution in [2.45, 2.75) is 5.16 Å². The van der Waals surface area contributed by atoms with Gasteiger partial charge in [-0.05, 0) is 36.4 Å². The normalized spacial score (nSPS) is 10.7. The van der Waals surface area contributed by atoms with E-state index in [-0.39, 0.29) is 11.7 Å². The average Bonchev–Trinajstić information content (AvgIpc) is 2.97. The van der Waals surface area contributed by atoms with E-state index in [0.29, 0.717) is 15.9 Å². The summed E-state index contributed by atoms with van der Waals surface area (Å²) in [6.07, 6.45) is 0. The topological polar surface area (TPSA) is 67.0 Å². The fourth-order valence-corrected chi connectivity index (χ4v) is 2.84. The number of methoxy groups -OCH3 is 1. The van der Waals surface area contributed by atoms with Gasteiger partial charge in [0.1, 0.15) is 5.75 Å². The number of carbonyl (C=O) groups excluding carboxylic acids is 1. The van der Waals surface area contributed by atoms with Gasteiger partial charge in [0.25, 0.3) is 0 Å². The Balaban J connectivity index is 1.61. The van der Waals surface area contributed by atoms with Crippen molar-refractivity contribution in [1.82, 2.24) is 9.97 Å². The first-order valence-electron chi connectivity index (χ1n) is 6.86. The van der Waals surface area contributed by atoms with Gasteiger partial charge in [0.2, 0.25) is 5.91 Å². The van der Waals surface area contributed by atoms with Gasteiger partial charge in [-0.2, -0.15) is 0 Å². The van der Waals surface area contributed by atoms with Gasteiger partial charge in [-0.25, -0.2) is 4.98 Å². The molecule has 0 saturated heterocycles. The molecule has 2 N–H and O–H groups in total. The van der Waals surface area contributed by atoms with Crippen LogP contribution in [0.2, 0.25) is 5.02 Å². The lowest BCUT2D eigenvalue weighted by molar-refractivity contribution is -0.113. The largest absolute Gasteiger partial charge is 0.497 e. The van der Waals surface area contributed by atoms with Crippen molar-refractivity contribution in [1.29, 1.82) is 0 Å². The number of nitrogens with zero attached hydrogens (tertiary/aromatic N) is 1. The minimum atomic E-state index is -0.102. The van der Waals surface area contributed by atoms with Crippen LogP contribution in [0, 0.1) is 0 Å². The third-order valence-electron chi connectivity index (χ3n) is 3.14. The predicted octanol–water partition coefficient (Wildman–Crippen LogP) is 3.96. The predicted molar refractivity (Wildman–Crippen MR) is 93.5 cm³/mol. The van der Waals surface area contributed by atoms with E-state index in [1.54, 1.807) is 31.4 Å². The van der Waals surface area contributed by atoms with Crippen molar-refractivity contribution >= 4 is 46.0 Å². The summed E-state index contributed by atoms with van der Waals surface area (Å²) < 4.78 is 5.18. The van der Waals surface area contributed by atoms with E-state index in [1.807, 2.05) is 18.2 Å². The highest BCUT2D eigenvalue weighted by Crippen LogP contribution is 2.23. The molecule has 7 heteroatoms. The number of aromatic amines is 1. The standard InChI is InChI=1S/C16H14ClN3O2S/c1-22-12-6-7-13-14(8-12)20-16(19-13)23-9-15(21)18-11-4-2-10(17)3-5-11/h2-8H,9H2,1H3,(H,18,21)(H,19,20). The molecule has 0 unspecified atom stereocenters. The molecule has 2 aromatic carbocycles. The van der Waals surface area contributed by atoms with Crippen LogP contribution < -0.4 is 10.1 Å². The first kappa shape index (κ1) is 15.7. The minimum absolute atomic E-state index is 0.102. The maximum absolute atomic E-state index is 12.0. The average molecular weight is 348 g/mol. The van der Waals surface area contributed by atoms with Gasteiger partial charge in [0.05, 0.1) is 23.9 Å². The fraction of sp³-hybridized carbons (Fsp3) is 0.125. The molecule has 0 fully saturated rings. The molecule has 118 valence electrons. The zero-order valence-electron chi connectivity index (χ0n) is 12.3. The first-order chi connectivity index (χ1) is 11.1. The van der Waals surface area contributed by atoms with Crippen LogP contribution in [0.1, 0.15) is 0 Å². The molecular weight excluding hydrogens is 334 g/mol. The molecule has 0 atom stereocenters. The van der Waals surface area contributed by atoms with Crippen LogP contribution in [0.15, 0.2) is 47.6 Å². The van der Waals surface area contributed by atoms with Crippen LogP contribution in [0.5, 0.6) is 5.75 Å². The number of imidazole rings is 1. The summed E-state index contributed by atoms with van der Waals surface area (Å²) in [6.45, 7) is 0. The summed E-state index contributed by atoms with van der Waals surface area (Å²) in [5, 5.41) is 4.14. The number of hydrogen-bond acceptors (Lipinski definition) is 4. The Morgan fingerprint density at radius 2 is 2.09 bits per heavy atom. The van der Waals surface area contributed by atoms with Crippen LogP contribution in [-0.4, -0.2) is 28.7 Å². The number of thioether (sulfide) groups is 1. The highest BCUT2D eigenvalue weighted by atomic mass is 35.5. The van der Waals surface area contributed by atoms with Gasteiger partial charge in [-0.15, -0.1) is 0 Å². The summed E-state index contributed by atoms with van der Waals surface area (Å²) in [6, 6.07) is 12.6. The Morgan fingerprint density at radius 1 is 1.30 bits per heavy atom. The number of benzene rings is 2. The SMILES string of the molecule is COc1ccc2nc(SCC(=O)Nc3ccc(Cl)cc3)[nH]c2c1. The molecule has 3 rings (SSSR count). The number of carbonyl (C=O) groups is 1. The van der Waals surface area contributed by atoms with Crippen LogP contribution in [0.4, 0.5) is 5.69 Å². The number of anilines is 1. The number of aromatic nitrogens is 2.